The van der Waals surface area contributed by atoms with Gasteiger partial charge < -0.3 is 5.32 Å². The van der Waals surface area contributed by atoms with E-state index >= 15 is 0 Å². The molecular formula is C15H20N2O2S. The third kappa shape index (κ3) is 3.10. The van der Waals surface area contributed by atoms with E-state index in [2.05, 4.69) is 17.2 Å². The van der Waals surface area contributed by atoms with E-state index in [9.17, 15) is 8.42 Å². The Hall–Kier alpha value is -1.62. The fraction of sp³-hybridized carbons (Fsp3) is 0.400. The highest BCUT2D eigenvalue weighted by Crippen LogP contribution is 2.24. The van der Waals surface area contributed by atoms with Gasteiger partial charge in [-0.3, -0.25) is 0 Å². The number of aromatic nitrogens is 1. The van der Waals surface area contributed by atoms with Crippen LogP contribution in [0.25, 0.3) is 10.9 Å². The summed E-state index contributed by atoms with van der Waals surface area (Å²) in [5.41, 5.74) is 1.95. The lowest BCUT2D eigenvalue weighted by Gasteiger charge is -2.11. The minimum atomic E-state index is -3.18. The fourth-order valence-electron chi connectivity index (χ4n) is 2.21. The summed E-state index contributed by atoms with van der Waals surface area (Å²) in [6.45, 7) is 4.97. The molecule has 0 unspecified atom stereocenters. The third-order valence-electron chi connectivity index (χ3n) is 3.16. The molecule has 0 aliphatic carbocycles. The van der Waals surface area contributed by atoms with Gasteiger partial charge in [0.1, 0.15) is 5.82 Å². The highest BCUT2D eigenvalue weighted by molar-refractivity contribution is 7.90. The molecule has 5 heteroatoms. The van der Waals surface area contributed by atoms with Crippen molar-refractivity contribution in [2.75, 3.05) is 18.1 Å². The average molecular weight is 292 g/mol. The monoisotopic (exact) mass is 292 g/mol. The Morgan fingerprint density at radius 3 is 2.55 bits per heavy atom. The van der Waals surface area contributed by atoms with Gasteiger partial charge in [-0.25, -0.2) is 13.4 Å². The van der Waals surface area contributed by atoms with Crippen LogP contribution in [0.5, 0.6) is 0 Å². The van der Waals surface area contributed by atoms with Gasteiger partial charge in [0.05, 0.1) is 10.4 Å². The molecule has 0 atom stereocenters. The van der Waals surface area contributed by atoms with Gasteiger partial charge in [0, 0.05) is 18.2 Å². The number of pyridine rings is 1. The summed E-state index contributed by atoms with van der Waals surface area (Å²) in [6, 6.07) is 7.12. The van der Waals surface area contributed by atoms with Crippen LogP contribution in [-0.4, -0.2) is 26.2 Å². The summed E-state index contributed by atoms with van der Waals surface area (Å²) in [4.78, 5) is 4.94. The molecule has 2 aromatic rings. The first-order chi connectivity index (χ1) is 9.45. The van der Waals surface area contributed by atoms with E-state index in [0.29, 0.717) is 4.90 Å². The molecule has 20 heavy (non-hydrogen) atoms. The zero-order valence-electron chi connectivity index (χ0n) is 12.1. The van der Waals surface area contributed by atoms with Gasteiger partial charge in [0.15, 0.2) is 9.84 Å². The lowest BCUT2D eigenvalue weighted by Crippen LogP contribution is -2.04. The van der Waals surface area contributed by atoms with E-state index in [4.69, 9.17) is 0 Å². The second kappa shape index (κ2) is 5.79. The summed E-state index contributed by atoms with van der Waals surface area (Å²) in [6.07, 6.45) is 3.17. The van der Waals surface area contributed by atoms with Gasteiger partial charge in [-0.1, -0.05) is 13.3 Å². The number of nitrogens with one attached hydrogen (secondary N) is 1. The molecule has 0 aliphatic heterocycles. The van der Waals surface area contributed by atoms with Crippen molar-refractivity contribution in [3.8, 4) is 0 Å². The lowest BCUT2D eigenvalue weighted by atomic mass is 10.1. The molecule has 1 aromatic carbocycles. The molecule has 1 heterocycles. The SMILES string of the molecule is CCCc1cc2cc(S(C)(=O)=O)ccc2nc1NCC. The van der Waals surface area contributed by atoms with Gasteiger partial charge >= 0.3 is 0 Å². The van der Waals surface area contributed by atoms with Gasteiger partial charge in [0.2, 0.25) is 0 Å². The number of hydrogen-bond acceptors (Lipinski definition) is 4. The summed E-state index contributed by atoms with van der Waals surface area (Å²) in [7, 11) is -3.18. The number of aryl methyl sites for hydroxylation is 1. The van der Waals surface area contributed by atoms with Crippen molar-refractivity contribution in [2.24, 2.45) is 0 Å². The zero-order valence-corrected chi connectivity index (χ0v) is 12.9. The van der Waals surface area contributed by atoms with E-state index in [0.717, 1.165) is 41.7 Å². The lowest BCUT2D eigenvalue weighted by molar-refractivity contribution is 0.602. The van der Waals surface area contributed by atoms with Crippen LogP contribution in [0.1, 0.15) is 25.8 Å². The van der Waals surface area contributed by atoms with Crippen LogP contribution in [-0.2, 0) is 16.3 Å². The highest BCUT2D eigenvalue weighted by atomic mass is 32.2. The maximum Gasteiger partial charge on any atom is 0.175 e. The Morgan fingerprint density at radius 1 is 1.20 bits per heavy atom. The van der Waals surface area contributed by atoms with Crippen molar-refractivity contribution >= 4 is 26.6 Å². The maximum atomic E-state index is 11.6. The molecule has 0 saturated heterocycles. The summed E-state index contributed by atoms with van der Waals surface area (Å²) < 4.78 is 23.2. The van der Waals surface area contributed by atoms with E-state index in [1.807, 2.05) is 13.0 Å². The highest BCUT2D eigenvalue weighted by Gasteiger charge is 2.10. The summed E-state index contributed by atoms with van der Waals surface area (Å²) in [5, 5.41) is 4.14. The standard InChI is InChI=1S/C15H20N2O2S/c1-4-6-11-9-12-10-13(20(3,18)19)7-8-14(12)17-15(11)16-5-2/h7-10H,4-6H2,1-3H3,(H,16,17). The van der Waals surface area contributed by atoms with Crippen LogP contribution in [0.15, 0.2) is 29.2 Å². The van der Waals surface area contributed by atoms with E-state index < -0.39 is 9.84 Å². The third-order valence-corrected chi connectivity index (χ3v) is 4.27. The van der Waals surface area contributed by atoms with Crippen molar-refractivity contribution in [2.45, 2.75) is 31.6 Å². The van der Waals surface area contributed by atoms with Gasteiger partial charge in [-0.05, 0) is 43.2 Å². The molecule has 4 nitrogen and oxygen atoms in total. The number of rotatable bonds is 5. The van der Waals surface area contributed by atoms with Crippen molar-refractivity contribution in [3.05, 3.63) is 29.8 Å². The smallest absolute Gasteiger partial charge is 0.175 e. The van der Waals surface area contributed by atoms with Crippen molar-refractivity contribution in [3.63, 3.8) is 0 Å². The van der Waals surface area contributed by atoms with Crippen molar-refractivity contribution < 1.29 is 8.42 Å². The number of sulfone groups is 1. The normalized spacial score (nSPS) is 11.8. The molecule has 0 bridgehead atoms. The first kappa shape index (κ1) is 14.8. The second-order valence-electron chi connectivity index (χ2n) is 4.90. The van der Waals surface area contributed by atoms with Crippen LogP contribution >= 0.6 is 0 Å². The van der Waals surface area contributed by atoms with Crippen LogP contribution in [0, 0.1) is 0 Å². The summed E-state index contributed by atoms with van der Waals surface area (Å²) in [5.74, 6) is 0.897. The Bertz CT molecular complexity index is 724. The second-order valence-corrected chi connectivity index (χ2v) is 6.92. The average Bonchev–Trinajstić information content (AvgIpc) is 2.38. The number of fused-ring (bicyclic) bond motifs is 1. The number of nitrogens with zero attached hydrogens (tertiary/aromatic N) is 1. The Balaban J connectivity index is 2.61. The first-order valence-electron chi connectivity index (χ1n) is 6.83. The van der Waals surface area contributed by atoms with Gasteiger partial charge in [0.25, 0.3) is 0 Å². The number of benzene rings is 1. The molecule has 0 amide bonds. The Kier molecular flexibility index (Phi) is 4.28. The van der Waals surface area contributed by atoms with Crippen LogP contribution in [0.3, 0.4) is 0 Å². The van der Waals surface area contributed by atoms with Crippen LogP contribution in [0.4, 0.5) is 5.82 Å². The molecule has 0 aliphatic rings. The van der Waals surface area contributed by atoms with Crippen molar-refractivity contribution in [1.29, 1.82) is 0 Å². The van der Waals surface area contributed by atoms with Gasteiger partial charge in [-0.15, -0.1) is 0 Å². The molecule has 1 N–H and O–H groups in total. The molecule has 0 radical (unpaired) electrons. The predicted molar refractivity (Wildman–Crippen MR) is 83.0 cm³/mol. The zero-order chi connectivity index (χ0) is 14.8. The quantitative estimate of drug-likeness (QED) is 0.920. The van der Waals surface area contributed by atoms with Crippen LogP contribution < -0.4 is 5.32 Å². The Morgan fingerprint density at radius 2 is 1.95 bits per heavy atom. The van der Waals surface area contributed by atoms with Crippen LogP contribution in [0.2, 0.25) is 0 Å². The van der Waals surface area contributed by atoms with E-state index in [-0.39, 0.29) is 0 Å². The Labute approximate surface area is 120 Å². The largest absolute Gasteiger partial charge is 0.370 e. The topological polar surface area (TPSA) is 59.1 Å². The first-order valence-corrected chi connectivity index (χ1v) is 8.72. The molecule has 2 rings (SSSR count). The summed E-state index contributed by atoms with van der Waals surface area (Å²) >= 11 is 0. The molecule has 0 saturated carbocycles. The minimum absolute atomic E-state index is 0.338. The van der Waals surface area contributed by atoms with E-state index in [1.54, 1.807) is 18.2 Å². The fourth-order valence-corrected chi connectivity index (χ4v) is 2.87. The number of hydrogen-bond donors (Lipinski definition) is 1. The molecule has 0 spiro atoms. The molecular weight excluding hydrogens is 272 g/mol. The number of anilines is 1. The molecule has 0 fully saturated rings. The van der Waals surface area contributed by atoms with Gasteiger partial charge in [-0.2, -0.15) is 0 Å². The molecule has 108 valence electrons. The van der Waals surface area contributed by atoms with Crippen molar-refractivity contribution in [1.82, 2.24) is 4.98 Å². The minimum Gasteiger partial charge on any atom is -0.370 e. The molecule has 1 aromatic heterocycles. The predicted octanol–water partition coefficient (Wildman–Crippen LogP) is 3.02. The van der Waals surface area contributed by atoms with E-state index in [1.165, 1.54) is 6.26 Å². The maximum absolute atomic E-state index is 11.6.